The van der Waals surface area contributed by atoms with Gasteiger partial charge in [0.1, 0.15) is 5.69 Å². The smallest absolute Gasteiger partial charge is 0.153 e. The maximum absolute atomic E-state index is 7.06. The number of hydrogen-bond acceptors (Lipinski definition) is 6. The van der Waals surface area contributed by atoms with Crippen LogP contribution < -0.4 is 11.1 Å². The first-order valence-corrected chi connectivity index (χ1v) is 13.4. The Balaban J connectivity index is 1.43. The van der Waals surface area contributed by atoms with Crippen molar-refractivity contribution in [3.05, 3.63) is 46.7 Å². The summed E-state index contributed by atoms with van der Waals surface area (Å²) in [5.41, 5.74) is 14.5. The molecule has 2 aliphatic rings. The lowest BCUT2D eigenvalue weighted by molar-refractivity contribution is 0.00164. The molecule has 1 saturated heterocycles. The lowest BCUT2D eigenvalue weighted by Gasteiger charge is -2.54. The van der Waals surface area contributed by atoms with E-state index in [1.54, 1.807) is 7.11 Å². The number of aryl methyl sites for hydroxylation is 1. The molecule has 0 bridgehead atoms. The zero-order chi connectivity index (χ0) is 26.2. The molecule has 2 fully saturated rings. The molecule has 1 aliphatic carbocycles. The van der Waals surface area contributed by atoms with Crippen LogP contribution in [-0.2, 0) is 11.3 Å². The van der Waals surface area contributed by atoms with Crippen molar-refractivity contribution in [2.75, 3.05) is 32.5 Å². The number of hydrogen-bond donors (Lipinski definition) is 3. The number of fused-ring (bicyclic) bond motifs is 2. The lowest BCUT2D eigenvalue weighted by Crippen LogP contribution is -2.60. The maximum Gasteiger partial charge on any atom is 0.153 e. The van der Waals surface area contributed by atoms with Crippen molar-refractivity contribution in [1.29, 1.82) is 0 Å². The third kappa shape index (κ3) is 3.49. The molecule has 4 heterocycles. The van der Waals surface area contributed by atoms with Crippen molar-refractivity contribution in [2.45, 2.75) is 39.3 Å². The summed E-state index contributed by atoms with van der Waals surface area (Å²) in [5, 5.41) is 23.4. The van der Waals surface area contributed by atoms with Gasteiger partial charge in [0.25, 0.3) is 0 Å². The minimum atomic E-state index is 0.367. The van der Waals surface area contributed by atoms with Crippen molar-refractivity contribution < 1.29 is 4.74 Å². The molecule has 4 N–H and O–H groups in total. The number of halogens is 1. The zero-order valence-corrected chi connectivity index (χ0v) is 22.6. The van der Waals surface area contributed by atoms with Crippen LogP contribution in [0.2, 0.25) is 5.02 Å². The van der Waals surface area contributed by atoms with E-state index in [1.165, 1.54) is 0 Å². The van der Waals surface area contributed by atoms with Gasteiger partial charge in [-0.05, 0) is 55.9 Å². The van der Waals surface area contributed by atoms with Crippen LogP contribution in [0.4, 0.5) is 5.82 Å². The molecular formula is C28H31ClN8O. The van der Waals surface area contributed by atoms with Crippen LogP contribution in [0.3, 0.4) is 0 Å². The van der Waals surface area contributed by atoms with Gasteiger partial charge in [-0.15, -0.1) is 0 Å². The molecule has 9 nitrogen and oxygen atoms in total. The number of ether oxygens (including phenoxy) is 1. The number of rotatable bonds is 6. The SMILES string of the molecule is COCCn1cc2cc(-c3nn(C4CC5(CNC5)C4)c(C)c3-c3c(Cl)c(C)cc4[nH]nc(N)c34)ccc2n1. The fraction of sp³-hybridized carbons (Fsp3) is 0.393. The fourth-order valence-electron chi connectivity index (χ4n) is 6.34. The summed E-state index contributed by atoms with van der Waals surface area (Å²) in [4.78, 5) is 0. The number of nitrogens with zero attached hydrogens (tertiary/aromatic N) is 5. The average Bonchev–Trinajstić information content (AvgIpc) is 3.52. The van der Waals surface area contributed by atoms with Gasteiger partial charge in [-0.2, -0.15) is 15.3 Å². The van der Waals surface area contributed by atoms with E-state index < -0.39 is 0 Å². The van der Waals surface area contributed by atoms with Crippen molar-refractivity contribution in [3.63, 3.8) is 0 Å². The van der Waals surface area contributed by atoms with Gasteiger partial charge in [-0.1, -0.05) is 17.7 Å². The molecule has 7 rings (SSSR count). The van der Waals surface area contributed by atoms with Crippen LogP contribution in [0.15, 0.2) is 30.5 Å². The molecule has 10 heteroatoms. The molecule has 196 valence electrons. The van der Waals surface area contributed by atoms with Crippen LogP contribution >= 0.6 is 11.6 Å². The number of nitrogen functional groups attached to an aromatic ring is 1. The average molecular weight is 531 g/mol. The molecule has 0 atom stereocenters. The summed E-state index contributed by atoms with van der Waals surface area (Å²) in [6.45, 7) is 7.68. The number of aromatic nitrogens is 6. The Bertz CT molecular complexity index is 1700. The van der Waals surface area contributed by atoms with Crippen LogP contribution in [-0.4, -0.2) is 56.6 Å². The Kier molecular flexibility index (Phi) is 5.34. The highest BCUT2D eigenvalue weighted by Gasteiger charge is 2.50. The second kappa shape index (κ2) is 8.56. The number of H-pyrrole nitrogens is 1. The molecule has 0 unspecified atom stereocenters. The van der Waals surface area contributed by atoms with E-state index >= 15 is 0 Å². The molecule has 1 aliphatic heterocycles. The van der Waals surface area contributed by atoms with E-state index in [1.807, 2.05) is 17.7 Å². The van der Waals surface area contributed by atoms with E-state index in [2.05, 4.69) is 51.5 Å². The summed E-state index contributed by atoms with van der Waals surface area (Å²) in [6.07, 6.45) is 4.33. The Morgan fingerprint density at radius 2 is 1.97 bits per heavy atom. The van der Waals surface area contributed by atoms with Gasteiger partial charge in [-0.3, -0.25) is 14.5 Å². The van der Waals surface area contributed by atoms with E-state index in [4.69, 9.17) is 32.3 Å². The van der Waals surface area contributed by atoms with E-state index in [0.717, 1.165) is 81.4 Å². The third-order valence-corrected chi connectivity index (χ3v) is 8.92. The number of aromatic amines is 1. The van der Waals surface area contributed by atoms with Crippen molar-refractivity contribution in [3.8, 4) is 22.4 Å². The van der Waals surface area contributed by atoms with Crippen LogP contribution in [0, 0.1) is 19.3 Å². The summed E-state index contributed by atoms with van der Waals surface area (Å²) in [7, 11) is 1.70. The van der Waals surface area contributed by atoms with Crippen LogP contribution in [0.1, 0.15) is 30.1 Å². The predicted molar refractivity (Wildman–Crippen MR) is 150 cm³/mol. The summed E-state index contributed by atoms with van der Waals surface area (Å²) >= 11 is 7.06. The number of methoxy groups -OCH3 is 1. The van der Waals surface area contributed by atoms with E-state index in [-0.39, 0.29) is 0 Å². The first kappa shape index (κ1) is 23.7. The molecule has 0 amide bonds. The molecule has 0 radical (unpaired) electrons. The van der Waals surface area contributed by atoms with Crippen LogP contribution in [0.25, 0.3) is 44.2 Å². The van der Waals surface area contributed by atoms with Crippen molar-refractivity contribution >= 4 is 39.2 Å². The first-order chi connectivity index (χ1) is 18.4. The highest BCUT2D eigenvalue weighted by atomic mass is 35.5. The zero-order valence-electron chi connectivity index (χ0n) is 21.8. The fourth-order valence-corrected chi connectivity index (χ4v) is 6.58. The van der Waals surface area contributed by atoms with Gasteiger partial charge < -0.3 is 15.8 Å². The summed E-state index contributed by atoms with van der Waals surface area (Å²) < 4.78 is 9.38. The molecule has 1 spiro atoms. The van der Waals surface area contributed by atoms with Gasteiger partial charge in [0.2, 0.25) is 0 Å². The Morgan fingerprint density at radius 1 is 1.16 bits per heavy atom. The Hall–Kier alpha value is -3.40. The standard InChI is InChI=1S/C28H31ClN8O/c1-15-8-21-23(27(30)33-32-21)24(25(15)29)22-16(2)37(19-10-28(11-19)13-31-14-28)35-26(22)17-4-5-20-18(9-17)12-36(34-20)6-7-38-3/h4-5,8-9,12,19,31H,6-7,10-11,13-14H2,1-3H3,(H3,30,32,33). The minimum absolute atomic E-state index is 0.367. The van der Waals surface area contributed by atoms with Gasteiger partial charge in [0, 0.05) is 54.2 Å². The molecule has 1 saturated carbocycles. The highest BCUT2D eigenvalue weighted by Crippen LogP contribution is 2.53. The van der Waals surface area contributed by atoms with Gasteiger partial charge >= 0.3 is 0 Å². The monoisotopic (exact) mass is 530 g/mol. The molecule has 38 heavy (non-hydrogen) atoms. The first-order valence-electron chi connectivity index (χ1n) is 13.1. The quantitative estimate of drug-likeness (QED) is 0.289. The normalized spacial score (nSPS) is 16.9. The summed E-state index contributed by atoms with van der Waals surface area (Å²) in [6, 6.07) is 8.70. The number of benzene rings is 2. The predicted octanol–water partition coefficient (Wildman–Crippen LogP) is 4.87. The Labute approximate surface area is 225 Å². The van der Waals surface area contributed by atoms with Gasteiger partial charge in [-0.25, -0.2) is 0 Å². The van der Waals surface area contributed by atoms with Crippen LogP contribution in [0.5, 0.6) is 0 Å². The van der Waals surface area contributed by atoms with Gasteiger partial charge in [0.05, 0.1) is 40.6 Å². The van der Waals surface area contributed by atoms with Crippen molar-refractivity contribution in [2.24, 2.45) is 5.41 Å². The Morgan fingerprint density at radius 3 is 2.71 bits per heavy atom. The number of nitrogens with one attached hydrogen (secondary N) is 2. The van der Waals surface area contributed by atoms with Gasteiger partial charge in [0.15, 0.2) is 5.82 Å². The topological polar surface area (TPSA) is 112 Å². The highest BCUT2D eigenvalue weighted by molar-refractivity contribution is 6.36. The molecule has 3 aromatic heterocycles. The minimum Gasteiger partial charge on any atom is -0.383 e. The van der Waals surface area contributed by atoms with Crippen molar-refractivity contribution in [1.82, 2.24) is 35.1 Å². The molecule has 2 aromatic carbocycles. The number of nitrogens with two attached hydrogens (primary N) is 1. The number of anilines is 1. The third-order valence-electron chi connectivity index (χ3n) is 8.43. The maximum atomic E-state index is 7.06. The molecule has 5 aromatic rings. The second-order valence-electron chi connectivity index (χ2n) is 11.0. The summed E-state index contributed by atoms with van der Waals surface area (Å²) in [5.74, 6) is 0.438. The van der Waals surface area contributed by atoms with E-state index in [9.17, 15) is 0 Å². The largest absolute Gasteiger partial charge is 0.383 e. The van der Waals surface area contributed by atoms with E-state index in [0.29, 0.717) is 35.4 Å². The second-order valence-corrected chi connectivity index (χ2v) is 11.4. The lowest BCUT2D eigenvalue weighted by atomic mass is 9.61. The molecular weight excluding hydrogens is 500 g/mol.